The Morgan fingerprint density at radius 2 is 1.65 bits per heavy atom. The van der Waals surface area contributed by atoms with E-state index in [0.717, 1.165) is 86.4 Å². The molecule has 0 fully saturated rings. The number of nitrogens with one attached hydrogen (secondary N) is 2. The molecule has 0 spiro atoms. The highest BCUT2D eigenvalue weighted by Crippen LogP contribution is 2.40. The van der Waals surface area contributed by atoms with Crippen LogP contribution in [-0.2, 0) is 28.9 Å². The molecule has 0 saturated carbocycles. The minimum absolute atomic E-state index is 0.123. The summed E-state index contributed by atoms with van der Waals surface area (Å²) in [6.45, 7) is 6.70. The fourth-order valence-corrected chi connectivity index (χ4v) is 8.18. The van der Waals surface area contributed by atoms with E-state index in [0.29, 0.717) is 57.4 Å². The number of ether oxygens (including phenoxy) is 1. The van der Waals surface area contributed by atoms with Crippen LogP contribution in [0.25, 0.3) is 27.9 Å². The molecule has 3 aromatic carbocycles. The zero-order valence-corrected chi connectivity index (χ0v) is 32.4. The number of anilines is 1. The van der Waals surface area contributed by atoms with Crippen LogP contribution < -0.4 is 25.9 Å². The number of aromatic nitrogens is 1. The summed E-state index contributed by atoms with van der Waals surface area (Å²) in [5.74, 6) is 0.101. The van der Waals surface area contributed by atoms with Gasteiger partial charge in [-0.1, -0.05) is 24.4 Å². The zero-order valence-electron chi connectivity index (χ0n) is 31.7. The summed E-state index contributed by atoms with van der Waals surface area (Å²) < 4.78 is 13.0. The third kappa shape index (κ3) is 8.05. The first-order chi connectivity index (χ1) is 26.6. The molecule has 2 aliphatic heterocycles. The topological polar surface area (TPSA) is 123 Å². The van der Waals surface area contributed by atoms with E-state index in [1.165, 1.54) is 11.3 Å². The monoisotopic (exact) mass is 762 g/mol. The third-order valence-corrected chi connectivity index (χ3v) is 11.1. The first kappa shape index (κ1) is 37.9. The zero-order chi connectivity index (χ0) is 38.6. The molecule has 0 bridgehead atoms. The number of halogens is 1. The lowest BCUT2D eigenvalue weighted by Gasteiger charge is -2.37. The normalized spacial score (nSPS) is 13.9. The van der Waals surface area contributed by atoms with Gasteiger partial charge in [0.15, 0.2) is 0 Å². The van der Waals surface area contributed by atoms with Crippen LogP contribution in [0.2, 0.25) is 5.02 Å². The van der Waals surface area contributed by atoms with Crippen LogP contribution in [0.15, 0.2) is 69.4 Å². The number of aryl methyl sites for hydroxylation is 2. The van der Waals surface area contributed by atoms with E-state index in [9.17, 15) is 19.2 Å². The van der Waals surface area contributed by atoms with E-state index in [1.54, 1.807) is 55.0 Å². The molecular weight excluding hydrogens is 716 g/mol. The second-order valence-corrected chi connectivity index (χ2v) is 15.0. The van der Waals surface area contributed by atoms with Gasteiger partial charge in [0.2, 0.25) is 11.8 Å². The molecule has 2 aromatic heterocycles. The van der Waals surface area contributed by atoms with E-state index < -0.39 is 5.63 Å². The number of hydrogen-bond donors (Lipinski definition) is 2. The maximum Gasteiger partial charge on any atom is 0.343 e. The molecule has 0 saturated heterocycles. The van der Waals surface area contributed by atoms with Crippen LogP contribution in [0.1, 0.15) is 83.8 Å². The molecule has 2 N–H and O–H groups in total. The minimum atomic E-state index is -0.428. The molecule has 0 atom stereocenters. The quantitative estimate of drug-likeness (QED) is 0.0722. The van der Waals surface area contributed by atoms with Crippen LogP contribution in [0.5, 0.6) is 5.75 Å². The van der Waals surface area contributed by atoms with Gasteiger partial charge in [-0.05, 0) is 124 Å². The molecule has 2 aliphatic rings. The van der Waals surface area contributed by atoms with Crippen molar-refractivity contribution in [1.82, 2.24) is 15.2 Å². The molecule has 2 amide bonds. The van der Waals surface area contributed by atoms with E-state index >= 15 is 0 Å². The summed E-state index contributed by atoms with van der Waals surface area (Å²) in [5, 5.41) is 8.24. The van der Waals surface area contributed by atoms with Gasteiger partial charge in [-0.3, -0.25) is 19.0 Å². The van der Waals surface area contributed by atoms with Gasteiger partial charge in [-0.15, -0.1) is 0 Å². The molecule has 0 unspecified atom stereocenters. The van der Waals surface area contributed by atoms with Crippen molar-refractivity contribution in [2.24, 2.45) is 0 Å². The average Bonchev–Trinajstić information content (AvgIpc) is 3.45. The Morgan fingerprint density at radius 3 is 2.40 bits per heavy atom. The van der Waals surface area contributed by atoms with Gasteiger partial charge >= 0.3 is 5.63 Å². The van der Waals surface area contributed by atoms with E-state index in [4.69, 9.17) is 20.8 Å². The number of carbonyl (C=O) groups is 3. The Kier molecular flexibility index (Phi) is 11.4. The standard InChI is InChI=1S/C44H47ClN4O6/c1-27(22-32-24-31-23-30-10-8-20-48-21-9-11-35(40(30)48)41(31)55-44(32)53)42(51)47-19-7-5-4-6-18-46-39(50)26-36-28(2)49(38-17-16-34(54-3)25-37(36)38)43(52)29-12-14-33(45)15-13-29/h12-17,22-25H,4-11,18-21,26H2,1-3H3,(H,46,50)(H,47,51)/b27-22+. The van der Waals surface area contributed by atoms with Gasteiger partial charge in [0, 0.05) is 70.1 Å². The molecule has 286 valence electrons. The number of hydrogen-bond acceptors (Lipinski definition) is 7. The largest absolute Gasteiger partial charge is 0.497 e. The Morgan fingerprint density at radius 1 is 0.927 bits per heavy atom. The van der Waals surface area contributed by atoms with Gasteiger partial charge in [-0.2, -0.15) is 0 Å². The molecule has 11 heteroatoms. The smallest absolute Gasteiger partial charge is 0.343 e. The van der Waals surface area contributed by atoms with Crippen molar-refractivity contribution in [3.05, 3.63) is 109 Å². The van der Waals surface area contributed by atoms with Gasteiger partial charge in [0.05, 0.1) is 24.6 Å². The van der Waals surface area contributed by atoms with Crippen molar-refractivity contribution in [3.63, 3.8) is 0 Å². The van der Waals surface area contributed by atoms with Crippen LogP contribution in [0.3, 0.4) is 0 Å². The Bertz CT molecular complexity index is 2370. The fourth-order valence-electron chi connectivity index (χ4n) is 8.05. The minimum Gasteiger partial charge on any atom is -0.497 e. The average molecular weight is 763 g/mol. The molecule has 0 radical (unpaired) electrons. The summed E-state index contributed by atoms with van der Waals surface area (Å²) in [7, 11) is 1.59. The van der Waals surface area contributed by atoms with Crippen LogP contribution in [-0.4, -0.2) is 55.6 Å². The second-order valence-electron chi connectivity index (χ2n) is 14.6. The summed E-state index contributed by atoms with van der Waals surface area (Å²) in [4.78, 5) is 55.0. The first-order valence-corrected chi connectivity index (χ1v) is 19.6. The molecule has 5 aromatic rings. The van der Waals surface area contributed by atoms with Crippen molar-refractivity contribution in [3.8, 4) is 5.75 Å². The highest BCUT2D eigenvalue weighted by molar-refractivity contribution is 6.30. The highest BCUT2D eigenvalue weighted by Gasteiger charge is 2.27. The molecule has 0 aliphatic carbocycles. The summed E-state index contributed by atoms with van der Waals surface area (Å²) in [6, 6.07) is 16.3. The van der Waals surface area contributed by atoms with Crippen LogP contribution >= 0.6 is 11.6 Å². The number of unbranched alkanes of at least 4 members (excludes halogenated alkanes) is 3. The lowest BCUT2D eigenvalue weighted by Crippen LogP contribution is -2.34. The molecular formula is C44H47ClN4O6. The highest BCUT2D eigenvalue weighted by atomic mass is 35.5. The van der Waals surface area contributed by atoms with Crippen molar-refractivity contribution in [1.29, 1.82) is 0 Å². The van der Waals surface area contributed by atoms with E-state index in [1.807, 2.05) is 25.1 Å². The predicted molar refractivity (Wildman–Crippen MR) is 218 cm³/mol. The molecule has 10 nitrogen and oxygen atoms in total. The SMILES string of the molecule is COc1ccc2c(c1)c(CC(=O)NCCCCCCNC(=O)/C(C)=C/c1cc3cc4c5c(c3oc1=O)CCCN5CCC4)c(C)n2C(=O)c1ccc(Cl)cc1. The summed E-state index contributed by atoms with van der Waals surface area (Å²) >= 11 is 6.05. The number of methoxy groups -OCH3 is 1. The van der Waals surface area contributed by atoms with E-state index in [-0.39, 0.29) is 24.1 Å². The Labute approximate surface area is 325 Å². The maximum absolute atomic E-state index is 13.6. The number of carbonyl (C=O) groups excluding carboxylic acids is 3. The predicted octanol–water partition coefficient (Wildman–Crippen LogP) is 7.54. The van der Waals surface area contributed by atoms with Crippen molar-refractivity contribution < 1.29 is 23.5 Å². The van der Waals surface area contributed by atoms with Crippen molar-refractivity contribution in [2.75, 3.05) is 38.2 Å². The number of amides is 2. The number of rotatable bonds is 13. The van der Waals surface area contributed by atoms with Gasteiger partial charge < -0.3 is 24.7 Å². The Hall–Kier alpha value is -5.35. The first-order valence-electron chi connectivity index (χ1n) is 19.2. The van der Waals surface area contributed by atoms with Gasteiger partial charge in [0.25, 0.3) is 5.91 Å². The number of nitrogens with zero attached hydrogens (tertiary/aromatic N) is 2. The maximum atomic E-state index is 13.6. The van der Waals surface area contributed by atoms with E-state index in [2.05, 4.69) is 21.6 Å². The van der Waals surface area contributed by atoms with Crippen LogP contribution in [0.4, 0.5) is 5.69 Å². The molecule has 7 rings (SSSR count). The lowest BCUT2D eigenvalue weighted by atomic mass is 9.90. The third-order valence-electron chi connectivity index (χ3n) is 10.9. The fraction of sp³-hybridized carbons (Fsp3) is 0.364. The molecule has 55 heavy (non-hydrogen) atoms. The van der Waals surface area contributed by atoms with Crippen LogP contribution in [0, 0.1) is 6.92 Å². The van der Waals surface area contributed by atoms with Gasteiger partial charge in [0.1, 0.15) is 11.3 Å². The number of fused-ring (bicyclic) bond motifs is 3. The lowest BCUT2D eigenvalue weighted by molar-refractivity contribution is -0.120. The Balaban J connectivity index is 0.879. The van der Waals surface area contributed by atoms with Gasteiger partial charge in [-0.25, -0.2) is 4.79 Å². The molecule has 4 heterocycles. The summed E-state index contributed by atoms with van der Waals surface area (Å²) in [5.41, 5.74) is 7.47. The number of benzene rings is 3. The van der Waals surface area contributed by atoms with Crippen molar-refractivity contribution in [2.45, 2.75) is 71.6 Å². The summed E-state index contributed by atoms with van der Waals surface area (Å²) in [6.07, 6.45) is 9.20. The van der Waals surface area contributed by atoms with Crippen molar-refractivity contribution >= 4 is 63.0 Å². The second kappa shape index (κ2) is 16.6.